The van der Waals surface area contributed by atoms with E-state index in [4.69, 9.17) is 5.11 Å². The Balaban J connectivity index is 2.39. The van der Waals surface area contributed by atoms with Gasteiger partial charge < -0.3 is 19.9 Å². The Morgan fingerprint density at radius 1 is 1.25 bits per heavy atom. The van der Waals surface area contributed by atoms with Crippen LogP contribution in [-0.4, -0.2) is 57.7 Å². The molecule has 0 spiro atoms. The first kappa shape index (κ1) is 16.4. The monoisotopic (exact) mass is 337 g/mol. The summed E-state index contributed by atoms with van der Waals surface area (Å²) in [6.07, 6.45) is 0.496. The van der Waals surface area contributed by atoms with E-state index in [9.17, 15) is 19.8 Å². The van der Waals surface area contributed by atoms with Crippen LogP contribution in [-0.2, 0) is 20.1 Å². The molecule has 0 bridgehead atoms. The molecule has 24 heavy (non-hydrogen) atoms. The average Bonchev–Trinajstić information content (AvgIpc) is 3.06. The molecule has 1 atom stereocenters. The normalized spacial score (nSPS) is 13.2. The zero-order valence-electron chi connectivity index (χ0n) is 13.4. The van der Waals surface area contributed by atoms with Gasteiger partial charge in [-0.15, -0.1) is 0 Å². The van der Waals surface area contributed by atoms with E-state index in [1.54, 1.807) is 15.2 Å². The molecule has 0 aromatic carbocycles. The number of rotatable bonds is 5. The summed E-state index contributed by atoms with van der Waals surface area (Å²) in [5.41, 5.74) is 0.0301. The van der Waals surface area contributed by atoms with Crippen LogP contribution in [0.4, 0.5) is 0 Å². The standard InChI is InChI=1S/C14H19N5O5/c1-8-5-18-10-11(15-13(18)17(8)3-4-20)16(2)14(24)19(12(10)23)6-9(22)7-21/h5,9,20-22H,3-4,6-7H2,1-2H3. The highest BCUT2D eigenvalue weighted by Crippen LogP contribution is 2.15. The van der Waals surface area contributed by atoms with Crippen molar-refractivity contribution in [3.8, 4) is 0 Å². The zero-order chi connectivity index (χ0) is 17.6. The largest absolute Gasteiger partial charge is 0.395 e. The first-order valence-corrected chi connectivity index (χ1v) is 7.48. The molecule has 0 fully saturated rings. The lowest BCUT2D eigenvalue weighted by Gasteiger charge is -2.10. The summed E-state index contributed by atoms with van der Waals surface area (Å²) >= 11 is 0. The first-order chi connectivity index (χ1) is 11.4. The number of imidazole rings is 2. The number of hydrogen-bond donors (Lipinski definition) is 3. The van der Waals surface area contributed by atoms with E-state index in [1.807, 2.05) is 6.92 Å². The van der Waals surface area contributed by atoms with Crippen LogP contribution >= 0.6 is 0 Å². The number of fused-ring (bicyclic) bond motifs is 3. The number of hydrogen-bond acceptors (Lipinski definition) is 6. The summed E-state index contributed by atoms with van der Waals surface area (Å²) in [5, 5.41) is 27.8. The minimum atomic E-state index is -1.21. The van der Waals surface area contributed by atoms with Gasteiger partial charge in [0.05, 0.1) is 25.9 Å². The van der Waals surface area contributed by atoms with Gasteiger partial charge in [0.2, 0.25) is 5.78 Å². The highest BCUT2D eigenvalue weighted by atomic mass is 16.3. The Labute approximate surface area is 135 Å². The quantitative estimate of drug-likeness (QED) is 0.485. The maximum atomic E-state index is 12.7. The van der Waals surface area contributed by atoms with E-state index in [0.717, 1.165) is 10.3 Å². The van der Waals surface area contributed by atoms with Gasteiger partial charge in [-0.3, -0.25) is 18.3 Å². The zero-order valence-corrected chi connectivity index (χ0v) is 13.4. The van der Waals surface area contributed by atoms with Crippen molar-refractivity contribution in [3.63, 3.8) is 0 Å². The van der Waals surface area contributed by atoms with Crippen LogP contribution in [0.1, 0.15) is 5.69 Å². The van der Waals surface area contributed by atoms with Gasteiger partial charge in [-0.2, -0.15) is 4.98 Å². The summed E-state index contributed by atoms with van der Waals surface area (Å²) in [6.45, 7) is 1.20. The van der Waals surface area contributed by atoms with Crippen LogP contribution in [0, 0.1) is 6.92 Å². The number of nitrogens with zero attached hydrogens (tertiary/aromatic N) is 5. The van der Waals surface area contributed by atoms with Crippen LogP contribution < -0.4 is 11.2 Å². The fourth-order valence-corrected chi connectivity index (χ4v) is 2.86. The summed E-state index contributed by atoms with van der Waals surface area (Å²) in [4.78, 5) is 29.5. The second-order valence-electron chi connectivity index (χ2n) is 5.69. The fraction of sp³-hybridized carbons (Fsp3) is 0.500. The fourth-order valence-electron chi connectivity index (χ4n) is 2.86. The van der Waals surface area contributed by atoms with Crippen LogP contribution in [0.3, 0.4) is 0 Å². The van der Waals surface area contributed by atoms with Crippen molar-refractivity contribution in [2.75, 3.05) is 13.2 Å². The van der Waals surface area contributed by atoms with E-state index < -0.39 is 24.0 Å². The van der Waals surface area contributed by atoms with Crippen molar-refractivity contribution < 1.29 is 15.3 Å². The van der Waals surface area contributed by atoms with Gasteiger partial charge in [0.1, 0.15) is 0 Å². The SMILES string of the molecule is Cc1cn2c3c(=O)n(CC(O)CO)c(=O)n(C)c3nc2n1CCO. The molecule has 3 N–H and O–H groups in total. The summed E-state index contributed by atoms with van der Waals surface area (Å²) in [6, 6.07) is 0. The number of aliphatic hydroxyl groups excluding tert-OH is 3. The van der Waals surface area contributed by atoms with E-state index >= 15 is 0 Å². The average molecular weight is 337 g/mol. The molecule has 0 radical (unpaired) electrons. The molecule has 0 saturated carbocycles. The number of aliphatic hydroxyl groups is 3. The topological polar surface area (TPSA) is 127 Å². The van der Waals surface area contributed by atoms with Crippen molar-refractivity contribution >= 4 is 16.9 Å². The third-order valence-corrected chi connectivity index (χ3v) is 4.07. The van der Waals surface area contributed by atoms with Gasteiger partial charge in [0, 0.05) is 25.5 Å². The van der Waals surface area contributed by atoms with E-state index in [1.165, 1.54) is 11.6 Å². The third kappa shape index (κ3) is 2.27. The molecule has 10 nitrogen and oxygen atoms in total. The lowest BCUT2D eigenvalue weighted by Crippen LogP contribution is -2.42. The minimum absolute atomic E-state index is 0.0831. The maximum Gasteiger partial charge on any atom is 0.332 e. The third-order valence-electron chi connectivity index (χ3n) is 4.07. The number of aryl methyl sites for hydroxylation is 2. The molecule has 3 heterocycles. The molecule has 0 aliphatic heterocycles. The molecule has 0 aliphatic rings. The molecule has 0 amide bonds. The molecular weight excluding hydrogens is 318 g/mol. The highest BCUT2D eigenvalue weighted by Gasteiger charge is 2.20. The molecule has 0 aliphatic carbocycles. The maximum absolute atomic E-state index is 12.7. The minimum Gasteiger partial charge on any atom is -0.395 e. The van der Waals surface area contributed by atoms with Crippen molar-refractivity contribution in [2.24, 2.45) is 7.05 Å². The second-order valence-corrected chi connectivity index (χ2v) is 5.69. The van der Waals surface area contributed by atoms with Gasteiger partial charge in [-0.1, -0.05) is 0 Å². The van der Waals surface area contributed by atoms with Gasteiger partial charge in [-0.25, -0.2) is 4.79 Å². The second kappa shape index (κ2) is 5.89. The lowest BCUT2D eigenvalue weighted by molar-refractivity contribution is 0.0791. The van der Waals surface area contributed by atoms with Crippen LogP contribution in [0.5, 0.6) is 0 Å². The van der Waals surface area contributed by atoms with Crippen LogP contribution in [0.25, 0.3) is 16.9 Å². The predicted octanol–water partition coefficient (Wildman–Crippen LogP) is -2.20. The van der Waals surface area contributed by atoms with Gasteiger partial charge in [0.25, 0.3) is 5.56 Å². The van der Waals surface area contributed by atoms with E-state index in [-0.39, 0.29) is 24.3 Å². The molecule has 10 heteroatoms. The Morgan fingerprint density at radius 3 is 2.58 bits per heavy atom. The van der Waals surface area contributed by atoms with E-state index in [2.05, 4.69) is 4.98 Å². The predicted molar refractivity (Wildman–Crippen MR) is 85.1 cm³/mol. The first-order valence-electron chi connectivity index (χ1n) is 7.48. The molecule has 130 valence electrons. The molecule has 3 aromatic rings. The van der Waals surface area contributed by atoms with Crippen LogP contribution in [0.15, 0.2) is 15.8 Å². The lowest BCUT2D eigenvalue weighted by atomic mass is 10.3. The summed E-state index contributed by atoms with van der Waals surface area (Å²) in [5.74, 6) is 0.448. The molecule has 0 saturated heterocycles. The highest BCUT2D eigenvalue weighted by molar-refractivity contribution is 5.75. The van der Waals surface area contributed by atoms with Gasteiger partial charge in [-0.05, 0) is 6.92 Å². The Hall–Kier alpha value is -2.43. The Bertz CT molecular complexity index is 1020. The molecule has 3 aromatic heterocycles. The van der Waals surface area contributed by atoms with E-state index in [0.29, 0.717) is 12.3 Å². The van der Waals surface area contributed by atoms with Crippen molar-refractivity contribution in [1.82, 2.24) is 23.1 Å². The van der Waals surface area contributed by atoms with Crippen molar-refractivity contribution in [1.29, 1.82) is 0 Å². The van der Waals surface area contributed by atoms with Crippen molar-refractivity contribution in [2.45, 2.75) is 26.1 Å². The van der Waals surface area contributed by atoms with Crippen LogP contribution in [0.2, 0.25) is 0 Å². The Kier molecular flexibility index (Phi) is 4.03. The summed E-state index contributed by atoms with van der Waals surface area (Å²) < 4.78 is 5.43. The smallest absolute Gasteiger partial charge is 0.332 e. The van der Waals surface area contributed by atoms with Crippen molar-refractivity contribution in [3.05, 3.63) is 32.7 Å². The molecular formula is C14H19N5O5. The molecule has 1 unspecified atom stereocenters. The summed E-state index contributed by atoms with van der Waals surface area (Å²) in [7, 11) is 1.49. The Morgan fingerprint density at radius 2 is 1.96 bits per heavy atom. The molecule has 3 rings (SSSR count). The van der Waals surface area contributed by atoms with Gasteiger partial charge in [0.15, 0.2) is 11.2 Å². The van der Waals surface area contributed by atoms with Gasteiger partial charge >= 0.3 is 5.69 Å². The number of aromatic nitrogens is 5.